The van der Waals surface area contributed by atoms with Gasteiger partial charge < -0.3 is 14.8 Å². The van der Waals surface area contributed by atoms with Crippen LogP contribution in [-0.4, -0.2) is 48.1 Å². The molecule has 0 saturated heterocycles. The molecule has 43 heavy (non-hydrogen) atoms. The van der Waals surface area contributed by atoms with E-state index < -0.39 is 11.6 Å². The van der Waals surface area contributed by atoms with E-state index in [9.17, 15) is 14.4 Å². The number of carbonyl (C=O) groups is 3. The van der Waals surface area contributed by atoms with Gasteiger partial charge in [-0.1, -0.05) is 81.8 Å². The van der Waals surface area contributed by atoms with Crippen LogP contribution >= 0.6 is 15.9 Å². The van der Waals surface area contributed by atoms with E-state index in [4.69, 9.17) is 0 Å². The monoisotopic (exact) mass is 640 g/mol. The standard InChI is InChI=1S/C33H33BrN6O3/c1-33(2,3)35-32(43)31(24-13-15-26(34)16-14-24)40(17-23-9-5-4-6-10-23)30(42)21-39-20-27(36-37-39)19-38-18-25(22-41)28-11-7-8-12-29(28)38/h4-16,18,20,22,31H,17,19,21H2,1-3H3,(H,35,43). The average molecular weight is 642 g/mol. The first kappa shape index (κ1) is 29.9. The number of para-hydroxylation sites is 1. The molecule has 0 aliphatic rings. The first-order valence-electron chi connectivity index (χ1n) is 13.9. The Hall–Kier alpha value is -4.57. The maximum atomic E-state index is 14.1. The van der Waals surface area contributed by atoms with Crippen molar-refractivity contribution >= 4 is 44.9 Å². The normalized spacial score (nSPS) is 12.2. The Bertz CT molecular complexity index is 1740. The molecule has 0 aliphatic carbocycles. The summed E-state index contributed by atoms with van der Waals surface area (Å²) in [6.07, 6.45) is 4.35. The number of rotatable bonds is 10. The Kier molecular flexibility index (Phi) is 8.86. The van der Waals surface area contributed by atoms with Gasteiger partial charge in [-0.05, 0) is 50.1 Å². The lowest BCUT2D eigenvalue weighted by molar-refractivity contribution is -0.142. The van der Waals surface area contributed by atoms with Crippen molar-refractivity contribution in [1.82, 2.24) is 29.8 Å². The van der Waals surface area contributed by atoms with E-state index in [-0.39, 0.29) is 24.9 Å². The summed E-state index contributed by atoms with van der Waals surface area (Å²) in [5.74, 6) is -0.559. The topological polar surface area (TPSA) is 102 Å². The highest BCUT2D eigenvalue weighted by atomic mass is 79.9. The largest absolute Gasteiger partial charge is 0.349 e. The molecule has 5 aromatic rings. The number of benzene rings is 3. The number of amides is 2. The molecule has 2 amide bonds. The van der Waals surface area contributed by atoms with Gasteiger partial charge in [-0.2, -0.15) is 0 Å². The fraction of sp³-hybridized carbons (Fsp3) is 0.242. The highest BCUT2D eigenvalue weighted by Crippen LogP contribution is 2.27. The number of hydrogen-bond acceptors (Lipinski definition) is 5. The number of nitrogens with zero attached hydrogens (tertiary/aromatic N) is 5. The van der Waals surface area contributed by atoms with E-state index in [1.54, 1.807) is 17.3 Å². The summed E-state index contributed by atoms with van der Waals surface area (Å²) < 4.78 is 4.30. The predicted octanol–water partition coefficient (Wildman–Crippen LogP) is 5.54. The molecule has 10 heteroatoms. The van der Waals surface area contributed by atoms with Gasteiger partial charge in [0.2, 0.25) is 11.8 Å². The molecule has 0 fully saturated rings. The summed E-state index contributed by atoms with van der Waals surface area (Å²) in [6.45, 7) is 6.23. The van der Waals surface area contributed by atoms with Crippen LogP contribution in [0.1, 0.15) is 54.0 Å². The lowest BCUT2D eigenvalue weighted by Crippen LogP contribution is -2.49. The van der Waals surface area contributed by atoms with Crippen LogP contribution in [-0.2, 0) is 29.2 Å². The summed E-state index contributed by atoms with van der Waals surface area (Å²) in [5, 5.41) is 12.4. The number of fused-ring (bicyclic) bond motifs is 1. The van der Waals surface area contributed by atoms with Crippen LogP contribution in [0.3, 0.4) is 0 Å². The van der Waals surface area contributed by atoms with Crippen molar-refractivity contribution in [3.8, 4) is 0 Å². The molecule has 220 valence electrons. The summed E-state index contributed by atoms with van der Waals surface area (Å²) >= 11 is 3.47. The van der Waals surface area contributed by atoms with Crippen molar-refractivity contribution in [2.75, 3.05) is 0 Å². The minimum Gasteiger partial charge on any atom is -0.349 e. The number of hydrogen-bond donors (Lipinski definition) is 1. The molecule has 2 heterocycles. The quantitative estimate of drug-likeness (QED) is 0.202. The molecular weight excluding hydrogens is 608 g/mol. The van der Waals surface area contributed by atoms with E-state index in [2.05, 4.69) is 31.6 Å². The zero-order valence-corrected chi connectivity index (χ0v) is 25.9. The summed E-state index contributed by atoms with van der Waals surface area (Å²) in [5.41, 5.74) is 3.23. The van der Waals surface area contributed by atoms with Crippen molar-refractivity contribution in [3.05, 3.63) is 118 Å². The lowest BCUT2D eigenvalue weighted by Gasteiger charge is -2.34. The van der Waals surface area contributed by atoms with Gasteiger partial charge in [-0.25, -0.2) is 4.68 Å². The van der Waals surface area contributed by atoms with Crippen LogP contribution < -0.4 is 5.32 Å². The number of nitrogens with one attached hydrogen (secondary N) is 1. The van der Waals surface area contributed by atoms with E-state index in [0.29, 0.717) is 23.4 Å². The number of carbonyl (C=O) groups excluding carboxylic acids is 3. The molecule has 1 atom stereocenters. The third-order valence-electron chi connectivity index (χ3n) is 6.92. The fourth-order valence-corrected chi connectivity index (χ4v) is 5.32. The van der Waals surface area contributed by atoms with Crippen molar-refractivity contribution in [2.24, 2.45) is 0 Å². The molecule has 9 nitrogen and oxygen atoms in total. The van der Waals surface area contributed by atoms with E-state index >= 15 is 0 Å². The fourth-order valence-electron chi connectivity index (χ4n) is 5.05. The maximum Gasteiger partial charge on any atom is 0.247 e. The molecule has 3 aromatic carbocycles. The molecule has 0 bridgehead atoms. The SMILES string of the molecule is CC(C)(C)NC(=O)C(c1ccc(Br)cc1)N(Cc1ccccc1)C(=O)Cn1cc(Cn2cc(C=O)c3ccccc32)nn1. The van der Waals surface area contributed by atoms with E-state index in [1.807, 2.05) is 104 Å². The third-order valence-corrected chi connectivity index (χ3v) is 7.45. The third kappa shape index (κ3) is 7.26. The maximum absolute atomic E-state index is 14.1. The van der Waals surface area contributed by atoms with Gasteiger partial charge in [0, 0.05) is 39.2 Å². The van der Waals surface area contributed by atoms with Gasteiger partial charge in [0.1, 0.15) is 18.3 Å². The van der Waals surface area contributed by atoms with Gasteiger partial charge in [0.25, 0.3) is 0 Å². The Morgan fingerprint density at radius 3 is 2.37 bits per heavy atom. The molecule has 0 aliphatic heterocycles. The highest BCUT2D eigenvalue weighted by molar-refractivity contribution is 9.10. The van der Waals surface area contributed by atoms with Crippen LogP contribution in [0.5, 0.6) is 0 Å². The average Bonchev–Trinajstić information content (AvgIpc) is 3.57. The van der Waals surface area contributed by atoms with Crippen molar-refractivity contribution < 1.29 is 14.4 Å². The Balaban J connectivity index is 1.44. The van der Waals surface area contributed by atoms with Crippen LogP contribution in [0.4, 0.5) is 0 Å². The Labute approximate surface area is 258 Å². The zero-order valence-electron chi connectivity index (χ0n) is 24.3. The Morgan fingerprint density at radius 1 is 0.977 bits per heavy atom. The van der Waals surface area contributed by atoms with Crippen molar-refractivity contribution in [3.63, 3.8) is 0 Å². The minimum atomic E-state index is -0.879. The minimum absolute atomic E-state index is 0.109. The molecule has 0 saturated carbocycles. The highest BCUT2D eigenvalue weighted by Gasteiger charge is 2.33. The van der Waals surface area contributed by atoms with Crippen LogP contribution in [0.2, 0.25) is 0 Å². The zero-order chi connectivity index (χ0) is 30.6. The van der Waals surface area contributed by atoms with Crippen molar-refractivity contribution in [1.29, 1.82) is 0 Å². The number of halogens is 1. The molecule has 2 aromatic heterocycles. The van der Waals surface area contributed by atoms with E-state index in [1.165, 1.54) is 4.68 Å². The molecule has 0 radical (unpaired) electrons. The second kappa shape index (κ2) is 12.7. The van der Waals surface area contributed by atoms with Crippen molar-refractivity contribution in [2.45, 2.75) is 52.0 Å². The smallest absolute Gasteiger partial charge is 0.247 e. The van der Waals surface area contributed by atoms with Gasteiger partial charge in [-0.3, -0.25) is 14.4 Å². The molecule has 5 rings (SSSR count). The van der Waals surface area contributed by atoms with Gasteiger partial charge in [-0.15, -0.1) is 5.10 Å². The van der Waals surface area contributed by atoms with Gasteiger partial charge in [0.05, 0.1) is 12.7 Å². The number of aromatic nitrogens is 4. The summed E-state index contributed by atoms with van der Waals surface area (Å²) in [6, 6.07) is 23.8. The predicted molar refractivity (Wildman–Crippen MR) is 168 cm³/mol. The lowest BCUT2D eigenvalue weighted by atomic mass is 10.0. The van der Waals surface area contributed by atoms with Crippen LogP contribution in [0.25, 0.3) is 10.9 Å². The molecule has 1 N–H and O–H groups in total. The van der Waals surface area contributed by atoms with Crippen LogP contribution in [0, 0.1) is 0 Å². The summed E-state index contributed by atoms with van der Waals surface area (Å²) in [4.78, 5) is 41.0. The number of aldehydes is 1. The first-order chi connectivity index (χ1) is 20.6. The molecule has 0 spiro atoms. The van der Waals surface area contributed by atoms with Gasteiger partial charge in [0.15, 0.2) is 6.29 Å². The summed E-state index contributed by atoms with van der Waals surface area (Å²) in [7, 11) is 0. The second-order valence-corrected chi connectivity index (χ2v) is 12.4. The van der Waals surface area contributed by atoms with E-state index in [0.717, 1.165) is 27.2 Å². The molecule has 1 unspecified atom stereocenters. The first-order valence-corrected chi connectivity index (χ1v) is 14.7. The van der Waals surface area contributed by atoms with Gasteiger partial charge >= 0.3 is 0 Å². The molecular formula is C33H33BrN6O3. The second-order valence-electron chi connectivity index (χ2n) is 11.5. The Morgan fingerprint density at radius 2 is 1.67 bits per heavy atom. The van der Waals surface area contributed by atoms with Crippen LogP contribution in [0.15, 0.2) is 95.7 Å².